The summed E-state index contributed by atoms with van der Waals surface area (Å²) in [5.74, 6) is 1.68. The lowest BCUT2D eigenvalue weighted by Crippen LogP contribution is -2.04. The summed E-state index contributed by atoms with van der Waals surface area (Å²) >= 11 is 0. The summed E-state index contributed by atoms with van der Waals surface area (Å²) in [5.41, 5.74) is -0.233. The van der Waals surface area contributed by atoms with E-state index in [2.05, 4.69) is 10.2 Å². The molecule has 5 nitrogen and oxygen atoms in total. The van der Waals surface area contributed by atoms with Gasteiger partial charge < -0.3 is 5.41 Å². The van der Waals surface area contributed by atoms with E-state index in [1.807, 2.05) is 0 Å². The standard InChI is InChI=1S/C6N5/c7-1-4-5(2-8)10-11-6(4)3-9/q-1. The Kier molecular flexibility index (Phi) is 1.61. The molecular formula is C6N5-. The van der Waals surface area contributed by atoms with Crippen molar-refractivity contribution in [1.29, 1.82) is 10.5 Å². The highest BCUT2D eigenvalue weighted by Gasteiger charge is 2.17. The van der Waals surface area contributed by atoms with Crippen molar-refractivity contribution >= 4 is 17.3 Å². The van der Waals surface area contributed by atoms with E-state index in [1.54, 1.807) is 18.0 Å². The summed E-state index contributed by atoms with van der Waals surface area (Å²) in [6, 6.07) is 3.31. The molecule has 1 aliphatic heterocycles. The largest absolute Gasteiger partial charge is 0.763 e. The molecule has 11 heavy (non-hydrogen) atoms. The van der Waals surface area contributed by atoms with Gasteiger partial charge in [-0.2, -0.15) is 10.5 Å². The van der Waals surface area contributed by atoms with Crippen LogP contribution in [0, 0.1) is 22.7 Å². The van der Waals surface area contributed by atoms with Gasteiger partial charge in [0.25, 0.3) is 0 Å². The van der Waals surface area contributed by atoms with Gasteiger partial charge in [0.2, 0.25) is 0 Å². The summed E-state index contributed by atoms with van der Waals surface area (Å²) < 4.78 is 0. The number of nitrogens with zero attached hydrogens (tertiary/aromatic N) is 5. The summed E-state index contributed by atoms with van der Waals surface area (Å²) in [5, 5.41) is 31.7. The molecule has 0 aromatic carbocycles. The molecule has 0 atom stereocenters. The minimum atomic E-state index is -0.0935. The van der Waals surface area contributed by atoms with Gasteiger partial charge in [-0.05, 0) is 0 Å². The van der Waals surface area contributed by atoms with Crippen molar-refractivity contribution in [1.82, 2.24) is 0 Å². The number of nitriles is 2. The zero-order chi connectivity index (χ0) is 8.27. The van der Waals surface area contributed by atoms with Crippen molar-refractivity contribution in [2.24, 2.45) is 10.2 Å². The van der Waals surface area contributed by atoms with Crippen LogP contribution >= 0.6 is 0 Å². The van der Waals surface area contributed by atoms with Crippen molar-refractivity contribution in [3.63, 3.8) is 0 Å². The minimum Gasteiger partial charge on any atom is -0.763 e. The van der Waals surface area contributed by atoms with E-state index in [1.165, 1.54) is 0 Å². The minimum absolute atomic E-state index is 0.0463. The van der Waals surface area contributed by atoms with Crippen molar-refractivity contribution in [3.05, 3.63) is 11.0 Å². The topological polar surface area (TPSA) is 94.6 Å². The van der Waals surface area contributed by atoms with E-state index in [4.69, 9.17) is 15.9 Å². The van der Waals surface area contributed by atoms with Crippen molar-refractivity contribution in [2.45, 2.75) is 0 Å². The Bertz CT molecular complexity index is 348. The molecule has 5 heteroatoms. The molecule has 0 amide bonds. The number of allylic oxidation sites excluding steroid dienone is 1. The molecule has 0 saturated carbocycles. The molecule has 1 rings (SSSR count). The van der Waals surface area contributed by atoms with Gasteiger partial charge >= 0.3 is 0 Å². The molecule has 0 spiro atoms. The first-order valence-corrected chi connectivity index (χ1v) is 2.57. The van der Waals surface area contributed by atoms with Gasteiger partial charge in [0.15, 0.2) is 11.4 Å². The Morgan fingerprint density at radius 2 is 1.55 bits per heavy atom. The first kappa shape index (κ1) is 6.88. The maximum atomic E-state index is 8.42. The lowest BCUT2D eigenvalue weighted by atomic mass is 10.1. The number of rotatable bonds is 0. The van der Waals surface area contributed by atoms with Gasteiger partial charge in [-0.25, -0.2) is 0 Å². The fourth-order valence-corrected chi connectivity index (χ4v) is 0.575. The predicted octanol–water partition coefficient (Wildman–Crippen LogP) is 0.00966. The molecule has 0 N–H and O–H groups in total. The van der Waals surface area contributed by atoms with Gasteiger partial charge in [-0.1, -0.05) is 0 Å². The quantitative estimate of drug-likeness (QED) is 0.445. The third-order valence-electron chi connectivity index (χ3n) is 1.05. The number of hydrogen-bond acceptors (Lipinski definition) is 4. The molecule has 0 aromatic heterocycles. The molecule has 0 radical (unpaired) electrons. The molecular weight excluding hydrogens is 142 g/mol. The first-order chi connectivity index (χ1) is 5.33. The van der Waals surface area contributed by atoms with Crippen LogP contribution in [0.25, 0.3) is 5.41 Å². The molecule has 50 valence electrons. The molecule has 0 aromatic rings. The zero-order valence-electron chi connectivity index (χ0n) is 5.24. The Hall–Kier alpha value is -2.23. The summed E-state index contributed by atoms with van der Waals surface area (Å²) in [6.07, 6.45) is 0. The predicted molar refractivity (Wildman–Crippen MR) is 38.0 cm³/mol. The average Bonchev–Trinajstić information content (AvgIpc) is 2.45. The monoisotopic (exact) mass is 142 g/mol. The van der Waals surface area contributed by atoms with E-state index < -0.39 is 0 Å². The van der Waals surface area contributed by atoms with Gasteiger partial charge in [0, 0.05) is 0 Å². The highest BCUT2D eigenvalue weighted by Crippen LogP contribution is 2.05. The van der Waals surface area contributed by atoms with Crippen molar-refractivity contribution in [2.75, 3.05) is 0 Å². The summed E-state index contributed by atoms with van der Waals surface area (Å²) in [7, 11) is 0. The van der Waals surface area contributed by atoms with Crippen molar-refractivity contribution < 1.29 is 0 Å². The molecule has 1 aliphatic rings. The maximum absolute atomic E-state index is 8.42. The van der Waals surface area contributed by atoms with Gasteiger partial charge in [-0.3, -0.25) is 5.87 Å². The van der Waals surface area contributed by atoms with Gasteiger partial charge in [0.1, 0.15) is 12.1 Å². The molecule has 0 aliphatic carbocycles. The Morgan fingerprint density at radius 1 is 1.09 bits per heavy atom. The summed E-state index contributed by atoms with van der Waals surface area (Å²) in [4.78, 5) is 0. The van der Waals surface area contributed by atoms with Crippen LogP contribution < -0.4 is 0 Å². The smallest absolute Gasteiger partial charge is 0.179 e. The van der Waals surface area contributed by atoms with Crippen LogP contribution in [-0.2, 0) is 0 Å². The SMILES string of the molecule is N#CC1=NN=C(C#N)C1=C=[N-]. The van der Waals surface area contributed by atoms with Crippen LogP contribution in [0.5, 0.6) is 0 Å². The molecule has 1 heterocycles. The van der Waals surface area contributed by atoms with Crippen LogP contribution in [0.15, 0.2) is 15.8 Å². The van der Waals surface area contributed by atoms with Gasteiger partial charge in [-0.15, -0.1) is 10.2 Å². The fourth-order valence-electron chi connectivity index (χ4n) is 0.575. The van der Waals surface area contributed by atoms with Crippen LogP contribution in [0.1, 0.15) is 0 Å². The molecule has 0 unspecified atom stereocenters. The van der Waals surface area contributed by atoms with Crippen LogP contribution in [-0.4, -0.2) is 17.3 Å². The second-order valence-electron chi connectivity index (χ2n) is 1.61. The van der Waals surface area contributed by atoms with Crippen LogP contribution in [0.3, 0.4) is 0 Å². The molecule has 0 saturated heterocycles. The molecule has 0 bridgehead atoms. The van der Waals surface area contributed by atoms with E-state index in [9.17, 15) is 0 Å². The van der Waals surface area contributed by atoms with E-state index in [0.717, 1.165) is 0 Å². The second kappa shape index (κ2) is 2.57. The van der Waals surface area contributed by atoms with E-state index in [0.29, 0.717) is 0 Å². The second-order valence-corrected chi connectivity index (χ2v) is 1.61. The van der Waals surface area contributed by atoms with E-state index in [-0.39, 0.29) is 17.0 Å². The Balaban J connectivity index is 3.19. The normalized spacial score (nSPS) is 14.2. The molecule has 0 fully saturated rings. The first-order valence-electron chi connectivity index (χ1n) is 2.57. The van der Waals surface area contributed by atoms with Crippen molar-refractivity contribution in [3.8, 4) is 12.1 Å². The summed E-state index contributed by atoms with van der Waals surface area (Å²) in [6.45, 7) is 0. The highest BCUT2D eigenvalue weighted by atomic mass is 15.2. The number of hydrogen-bond donors (Lipinski definition) is 0. The maximum Gasteiger partial charge on any atom is 0.179 e. The lowest BCUT2D eigenvalue weighted by Gasteiger charge is -1.87. The lowest BCUT2D eigenvalue weighted by molar-refractivity contribution is 1.27. The van der Waals surface area contributed by atoms with Crippen LogP contribution in [0.4, 0.5) is 0 Å². The fraction of sp³-hybridized carbons (Fsp3) is 0. The zero-order valence-corrected chi connectivity index (χ0v) is 5.24. The Labute approximate surface area is 62.1 Å². The third kappa shape index (κ3) is 0.920. The van der Waals surface area contributed by atoms with Crippen LogP contribution in [0.2, 0.25) is 0 Å². The Morgan fingerprint density at radius 3 is 1.82 bits per heavy atom. The van der Waals surface area contributed by atoms with E-state index >= 15 is 0 Å². The highest BCUT2D eigenvalue weighted by molar-refractivity contribution is 6.40. The average molecular weight is 142 g/mol. The third-order valence-corrected chi connectivity index (χ3v) is 1.05. The van der Waals surface area contributed by atoms with Gasteiger partial charge in [0.05, 0.1) is 5.57 Å².